The van der Waals surface area contributed by atoms with E-state index < -0.39 is 0 Å². The van der Waals surface area contributed by atoms with Crippen LogP contribution in [0.15, 0.2) is 22.8 Å². The second-order valence-corrected chi connectivity index (χ2v) is 4.40. The van der Waals surface area contributed by atoms with E-state index in [1.165, 1.54) is 0 Å². The van der Waals surface area contributed by atoms with Crippen LogP contribution >= 0.6 is 15.9 Å². The molecule has 0 bridgehead atoms. The smallest absolute Gasteiger partial charge is 0.148 e. The van der Waals surface area contributed by atoms with Gasteiger partial charge in [-0.3, -0.25) is 4.68 Å². The van der Waals surface area contributed by atoms with Crippen LogP contribution in [0.1, 0.15) is 0 Å². The van der Waals surface area contributed by atoms with Crippen LogP contribution in [0.2, 0.25) is 0 Å². The fourth-order valence-corrected chi connectivity index (χ4v) is 1.99. The summed E-state index contributed by atoms with van der Waals surface area (Å²) in [6.45, 7) is 1.10. The maximum atomic E-state index is 5.62. The number of benzene rings is 1. The summed E-state index contributed by atoms with van der Waals surface area (Å²) in [6.07, 6.45) is 1.96. The van der Waals surface area contributed by atoms with Gasteiger partial charge in [-0.15, -0.1) is 0 Å². The summed E-state index contributed by atoms with van der Waals surface area (Å²) in [5, 5.41) is 5.42. The molecule has 0 radical (unpaired) electrons. The van der Waals surface area contributed by atoms with Crippen LogP contribution in [0.4, 0.5) is 0 Å². The number of methoxy groups -OCH3 is 1. The molecule has 5 heteroatoms. The van der Waals surface area contributed by atoms with Gasteiger partial charge in [-0.05, 0) is 12.1 Å². The minimum absolute atomic E-state index is 0.526. The Kier molecular flexibility index (Phi) is 3.46. The largest absolute Gasteiger partial charge is 0.489 e. The molecule has 0 aliphatic heterocycles. The summed E-state index contributed by atoms with van der Waals surface area (Å²) in [5.41, 5.74) is 0.877. The van der Waals surface area contributed by atoms with Crippen LogP contribution in [0, 0.1) is 0 Å². The van der Waals surface area contributed by atoms with Crippen molar-refractivity contribution in [1.82, 2.24) is 9.78 Å². The maximum Gasteiger partial charge on any atom is 0.148 e. The summed E-state index contributed by atoms with van der Waals surface area (Å²) in [7, 11) is 3.55. The molecule has 4 nitrogen and oxygen atoms in total. The zero-order valence-electron chi connectivity index (χ0n) is 9.24. The third-order valence-corrected chi connectivity index (χ3v) is 2.66. The molecular formula is C11H13BrN2O2. The predicted molar refractivity (Wildman–Crippen MR) is 65.8 cm³/mol. The van der Waals surface area contributed by atoms with Gasteiger partial charge in [0, 0.05) is 30.2 Å². The molecule has 1 aromatic heterocycles. The van der Waals surface area contributed by atoms with Gasteiger partial charge in [-0.2, -0.15) is 5.10 Å². The van der Waals surface area contributed by atoms with Gasteiger partial charge in [-0.1, -0.05) is 15.9 Å². The third kappa shape index (κ3) is 2.36. The fraction of sp³-hybridized carbons (Fsp3) is 0.364. The lowest BCUT2D eigenvalue weighted by atomic mass is 10.2. The Morgan fingerprint density at radius 2 is 2.19 bits per heavy atom. The van der Waals surface area contributed by atoms with E-state index in [9.17, 15) is 0 Å². The Balaban J connectivity index is 2.34. The molecule has 0 aliphatic rings. The number of nitrogens with zero attached hydrogens (tertiary/aromatic N) is 2. The molecule has 0 saturated carbocycles. The minimum Gasteiger partial charge on any atom is -0.489 e. The number of hydrogen-bond donors (Lipinski definition) is 0. The first kappa shape index (κ1) is 11.4. The van der Waals surface area contributed by atoms with E-state index >= 15 is 0 Å². The average Bonchev–Trinajstić information content (AvgIpc) is 2.58. The van der Waals surface area contributed by atoms with Crippen LogP contribution in [0.5, 0.6) is 5.75 Å². The summed E-state index contributed by atoms with van der Waals surface area (Å²) >= 11 is 3.45. The second-order valence-electron chi connectivity index (χ2n) is 3.49. The molecule has 2 aromatic rings. The van der Waals surface area contributed by atoms with E-state index in [4.69, 9.17) is 9.47 Å². The van der Waals surface area contributed by atoms with Crippen molar-refractivity contribution in [2.75, 3.05) is 20.3 Å². The molecule has 0 N–H and O–H groups in total. The van der Waals surface area contributed by atoms with Crippen molar-refractivity contribution in [3.05, 3.63) is 22.8 Å². The van der Waals surface area contributed by atoms with Gasteiger partial charge in [0.25, 0.3) is 0 Å². The van der Waals surface area contributed by atoms with Crippen LogP contribution in [-0.2, 0) is 11.8 Å². The van der Waals surface area contributed by atoms with Crippen molar-refractivity contribution >= 4 is 26.8 Å². The van der Waals surface area contributed by atoms with Crippen molar-refractivity contribution in [3.63, 3.8) is 0 Å². The van der Waals surface area contributed by atoms with Crippen LogP contribution < -0.4 is 4.74 Å². The molecule has 0 aliphatic carbocycles. The third-order valence-electron chi connectivity index (χ3n) is 2.20. The van der Waals surface area contributed by atoms with Crippen molar-refractivity contribution < 1.29 is 9.47 Å². The van der Waals surface area contributed by atoms with E-state index in [1.54, 1.807) is 11.8 Å². The number of rotatable bonds is 4. The molecule has 2 rings (SSSR count). The Labute approximate surface area is 102 Å². The number of hydrogen-bond acceptors (Lipinski definition) is 3. The van der Waals surface area contributed by atoms with Crippen LogP contribution in [0.3, 0.4) is 0 Å². The zero-order valence-corrected chi connectivity index (χ0v) is 10.8. The monoisotopic (exact) mass is 284 g/mol. The Morgan fingerprint density at radius 1 is 1.38 bits per heavy atom. The van der Waals surface area contributed by atoms with E-state index in [2.05, 4.69) is 21.0 Å². The van der Waals surface area contributed by atoms with Gasteiger partial charge in [0.1, 0.15) is 17.9 Å². The van der Waals surface area contributed by atoms with Crippen molar-refractivity contribution in [2.24, 2.45) is 7.05 Å². The summed E-state index contributed by atoms with van der Waals surface area (Å²) in [4.78, 5) is 0. The molecule has 1 aromatic carbocycles. The first-order valence-electron chi connectivity index (χ1n) is 4.95. The van der Waals surface area contributed by atoms with Gasteiger partial charge < -0.3 is 9.47 Å². The van der Waals surface area contributed by atoms with E-state index in [-0.39, 0.29) is 0 Å². The molecule has 86 valence electrons. The standard InChI is InChI=1S/C11H13BrN2O2/c1-14-7-8-5-9(12)6-10(11(8)13-14)16-4-3-15-2/h5-7H,3-4H2,1-2H3. The first-order chi connectivity index (χ1) is 7.70. The number of ether oxygens (including phenoxy) is 2. The van der Waals surface area contributed by atoms with Gasteiger partial charge in [0.05, 0.1) is 6.61 Å². The Hall–Kier alpha value is -1.07. The molecule has 0 fully saturated rings. The number of aromatic nitrogens is 2. The maximum absolute atomic E-state index is 5.62. The fourth-order valence-electron chi connectivity index (χ4n) is 1.53. The molecule has 0 atom stereocenters. The lowest BCUT2D eigenvalue weighted by Gasteiger charge is -2.06. The number of halogens is 1. The Morgan fingerprint density at radius 3 is 2.94 bits per heavy atom. The van der Waals surface area contributed by atoms with E-state index in [0.717, 1.165) is 21.1 Å². The first-order valence-corrected chi connectivity index (χ1v) is 5.74. The van der Waals surface area contributed by atoms with E-state index in [1.807, 2.05) is 25.4 Å². The minimum atomic E-state index is 0.526. The number of fused-ring (bicyclic) bond motifs is 1. The SMILES string of the molecule is COCCOc1cc(Br)cc2cn(C)nc12. The predicted octanol–water partition coefficient (Wildman–Crippen LogP) is 2.36. The Bertz CT molecular complexity index is 496. The zero-order chi connectivity index (χ0) is 11.5. The van der Waals surface area contributed by atoms with Gasteiger partial charge in [0.15, 0.2) is 0 Å². The van der Waals surface area contributed by atoms with Gasteiger partial charge in [0.2, 0.25) is 0 Å². The van der Waals surface area contributed by atoms with Crippen molar-refractivity contribution in [3.8, 4) is 5.75 Å². The molecular weight excluding hydrogens is 272 g/mol. The van der Waals surface area contributed by atoms with Crippen LogP contribution in [0.25, 0.3) is 10.9 Å². The number of aryl methyl sites for hydroxylation is 1. The molecule has 1 heterocycles. The van der Waals surface area contributed by atoms with Gasteiger partial charge >= 0.3 is 0 Å². The van der Waals surface area contributed by atoms with Crippen LogP contribution in [-0.4, -0.2) is 30.1 Å². The molecule has 0 spiro atoms. The normalized spacial score (nSPS) is 10.9. The lowest BCUT2D eigenvalue weighted by molar-refractivity contribution is 0.147. The molecule has 0 amide bonds. The van der Waals surface area contributed by atoms with Crippen molar-refractivity contribution in [1.29, 1.82) is 0 Å². The molecule has 0 unspecified atom stereocenters. The van der Waals surface area contributed by atoms with Crippen molar-refractivity contribution in [2.45, 2.75) is 0 Å². The lowest BCUT2D eigenvalue weighted by Crippen LogP contribution is -2.04. The molecule has 16 heavy (non-hydrogen) atoms. The highest BCUT2D eigenvalue weighted by Crippen LogP contribution is 2.28. The highest BCUT2D eigenvalue weighted by atomic mass is 79.9. The van der Waals surface area contributed by atoms with Gasteiger partial charge in [-0.25, -0.2) is 0 Å². The topological polar surface area (TPSA) is 36.3 Å². The summed E-state index contributed by atoms with van der Waals surface area (Å²) in [5.74, 6) is 0.780. The summed E-state index contributed by atoms with van der Waals surface area (Å²) < 4.78 is 13.3. The molecule has 0 saturated heterocycles. The van der Waals surface area contributed by atoms with E-state index in [0.29, 0.717) is 13.2 Å². The second kappa shape index (κ2) is 4.84. The quantitative estimate of drug-likeness (QED) is 0.809. The highest BCUT2D eigenvalue weighted by Gasteiger charge is 2.07. The highest BCUT2D eigenvalue weighted by molar-refractivity contribution is 9.10. The average molecular weight is 285 g/mol. The summed E-state index contributed by atoms with van der Waals surface area (Å²) in [6, 6.07) is 3.94.